The summed E-state index contributed by atoms with van der Waals surface area (Å²) in [4.78, 5) is 14.7. The first-order valence-corrected chi connectivity index (χ1v) is 11.2. The van der Waals surface area contributed by atoms with E-state index < -0.39 is 15.9 Å². The number of aryl methyl sites for hydroxylation is 2. The van der Waals surface area contributed by atoms with Gasteiger partial charge >= 0.3 is 0 Å². The lowest BCUT2D eigenvalue weighted by atomic mass is 9.98. The smallest absolute Gasteiger partial charge is 0.243 e. The molecule has 0 radical (unpaired) electrons. The van der Waals surface area contributed by atoms with E-state index in [1.807, 2.05) is 13.0 Å². The van der Waals surface area contributed by atoms with E-state index in [0.29, 0.717) is 35.4 Å². The highest BCUT2D eigenvalue weighted by atomic mass is 32.2. The second-order valence-corrected chi connectivity index (χ2v) is 9.66. The molecule has 156 valence electrons. The number of carbonyl (C=O) groups excluding carboxylic acids is 1. The fourth-order valence-corrected chi connectivity index (χ4v) is 5.59. The van der Waals surface area contributed by atoms with Gasteiger partial charge in [0.2, 0.25) is 15.9 Å². The van der Waals surface area contributed by atoms with Gasteiger partial charge in [-0.2, -0.15) is 4.31 Å². The molecule has 1 aliphatic rings. The number of carbonyl (C=O) groups is 1. The third kappa shape index (κ3) is 4.67. The number of benzene rings is 2. The van der Waals surface area contributed by atoms with Crippen LogP contribution in [-0.2, 0) is 21.4 Å². The zero-order valence-electron chi connectivity index (χ0n) is 17.1. The molecule has 0 bridgehead atoms. The van der Waals surface area contributed by atoms with Crippen molar-refractivity contribution in [3.05, 3.63) is 65.0 Å². The Morgan fingerprint density at radius 1 is 1.21 bits per heavy atom. The van der Waals surface area contributed by atoms with Crippen molar-refractivity contribution in [2.45, 2.75) is 38.1 Å². The summed E-state index contributed by atoms with van der Waals surface area (Å²) in [5.74, 6) is -0.940. The molecule has 0 spiro atoms. The van der Waals surface area contributed by atoms with Crippen LogP contribution in [0.1, 0.15) is 29.5 Å². The highest BCUT2D eigenvalue weighted by Gasteiger charge is 2.35. The number of nitrogens with zero attached hydrogens (tertiary/aromatic N) is 2. The summed E-state index contributed by atoms with van der Waals surface area (Å²) in [5.41, 5.74) is 2.02. The number of halogens is 1. The second-order valence-electron chi connectivity index (χ2n) is 7.76. The third-order valence-corrected chi connectivity index (χ3v) is 7.44. The number of hydrogen-bond acceptors (Lipinski definition) is 3. The highest BCUT2D eigenvalue weighted by molar-refractivity contribution is 7.89. The van der Waals surface area contributed by atoms with E-state index in [-0.39, 0.29) is 24.8 Å². The van der Waals surface area contributed by atoms with Gasteiger partial charge in [-0.15, -0.1) is 0 Å². The molecule has 2 aromatic rings. The Balaban J connectivity index is 1.75. The molecule has 0 aliphatic carbocycles. The highest BCUT2D eigenvalue weighted by Crippen LogP contribution is 2.27. The molecule has 1 amide bonds. The van der Waals surface area contributed by atoms with Crippen molar-refractivity contribution >= 4 is 15.9 Å². The van der Waals surface area contributed by atoms with Crippen molar-refractivity contribution in [1.29, 1.82) is 0 Å². The molecule has 1 heterocycles. The summed E-state index contributed by atoms with van der Waals surface area (Å²) in [6.45, 7) is 4.35. The average molecular weight is 419 g/mol. The first-order valence-electron chi connectivity index (χ1n) is 9.76. The Morgan fingerprint density at radius 3 is 2.66 bits per heavy atom. The summed E-state index contributed by atoms with van der Waals surface area (Å²) < 4.78 is 41.7. The van der Waals surface area contributed by atoms with E-state index in [9.17, 15) is 17.6 Å². The zero-order chi connectivity index (χ0) is 21.2. The van der Waals surface area contributed by atoms with Crippen molar-refractivity contribution in [2.24, 2.45) is 5.92 Å². The summed E-state index contributed by atoms with van der Waals surface area (Å²) in [7, 11) is -2.04. The molecule has 0 aromatic heterocycles. The van der Waals surface area contributed by atoms with E-state index in [4.69, 9.17) is 0 Å². The van der Waals surface area contributed by atoms with Crippen molar-refractivity contribution in [2.75, 3.05) is 20.1 Å². The summed E-state index contributed by atoms with van der Waals surface area (Å²) in [6.07, 6.45) is 1.24. The first kappa shape index (κ1) is 21.5. The Labute approximate surface area is 172 Å². The van der Waals surface area contributed by atoms with Crippen molar-refractivity contribution in [3.8, 4) is 0 Å². The normalized spacial score (nSPS) is 17.9. The van der Waals surface area contributed by atoms with Crippen LogP contribution < -0.4 is 0 Å². The van der Waals surface area contributed by atoms with Gasteiger partial charge in [0.05, 0.1) is 10.8 Å². The topological polar surface area (TPSA) is 57.7 Å². The molecule has 0 saturated carbocycles. The lowest BCUT2D eigenvalue weighted by Crippen LogP contribution is -2.45. The first-order chi connectivity index (χ1) is 13.7. The van der Waals surface area contributed by atoms with E-state index in [0.717, 1.165) is 5.56 Å². The Hall–Kier alpha value is -2.25. The summed E-state index contributed by atoms with van der Waals surface area (Å²) >= 11 is 0. The quantitative estimate of drug-likeness (QED) is 0.747. The minimum Gasteiger partial charge on any atom is -0.341 e. The van der Waals surface area contributed by atoms with Crippen LogP contribution in [0.25, 0.3) is 0 Å². The predicted octanol–water partition coefficient (Wildman–Crippen LogP) is 3.50. The lowest BCUT2D eigenvalue weighted by molar-refractivity contribution is -0.135. The van der Waals surface area contributed by atoms with Gasteiger partial charge in [0.1, 0.15) is 5.82 Å². The molecule has 1 aliphatic heterocycles. The molecule has 2 aromatic carbocycles. The fourth-order valence-electron chi connectivity index (χ4n) is 3.76. The predicted molar refractivity (Wildman–Crippen MR) is 110 cm³/mol. The van der Waals surface area contributed by atoms with Crippen LogP contribution in [0.3, 0.4) is 0 Å². The van der Waals surface area contributed by atoms with Gasteiger partial charge in [-0.25, -0.2) is 12.8 Å². The molecular weight excluding hydrogens is 391 g/mol. The van der Waals surface area contributed by atoms with Crippen molar-refractivity contribution < 1.29 is 17.6 Å². The molecule has 3 rings (SSSR count). The van der Waals surface area contributed by atoms with Crippen molar-refractivity contribution in [1.82, 2.24) is 9.21 Å². The Morgan fingerprint density at radius 2 is 1.93 bits per heavy atom. The second kappa shape index (κ2) is 8.63. The minimum absolute atomic E-state index is 0.149. The van der Waals surface area contributed by atoms with Crippen LogP contribution in [-0.4, -0.2) is 43.7 Å². The monoisotopic (exact) mass is 418 g/mol. The van der Waals surface area contributed by atoms with Gasteiger partial charge in [0, 0.05) is 32.2 Å². The maximum absolute atomic E-state index is 13.9. The van der Waals surface area contributed by atoms with E-state index >= 15 is 0 Å². The van der Waals surface area contributed by atoms with Gasteiger partial charge in [-0.05, 0) is 49.9 Å². The maximum atomic E-state index is 13.9. The van der Waals surface area contributed by atoms with Crippen LogP contribution in [0.5, 0.6) is 0 Å². The summed E-state index contributed by atoms with van der Waals surface area (Å²) in [6, 6.07) is 11.7. The number of rotatable bonds is 5. The third-order valence-electron chi connectivity index (χ3n) is 5.44. The van der Waals surface area contributed by atoms with Crippen LogP contribution >= 0.6 is 0 Å². The largest absolute Gasteiger partial charge is 0.341 e. The minimum atomic E-state index is -3.67. The van der Waals surface area contributed by atoms with E-state index in [1.54, 1.807) is 44.3 Å². The standard InChI is InChI=1S/C22H27FN2O3S/c1-16-10-11-17(2)21(13-16)29(27,28)25-12-6-8-19(15-25)22(26)24(3)14-18-7-4-5-9-20(18)23/h4-5,7,9-11,13,19H,6,8,12,14-15H2,1-3H3. The number of piperidine rings is 1. The van der Waals surface area contributed by atoms with Gasteiger partial charge in [-0.3, -0.25) is 4.79 Å². The number of hydrogen-bond donors (Lipinski definition) is 0. The molecule has 1 unspecified atom stereocenters. The molecule has 1 saturated heterocycles. The van der Waals surface area contributed by atoms with Crippen molar-refractivity contribution in [3.63, 3.8) is 0 Å². The maximum Gasteiger partial charge on any atom is 0.243 e. The molecule has 5 nitrogen and oxygen atoms in total. The van der Waals surface area contributed by atoms with Crippen LogP contribution in [0.2, 0.25) is 0 Å². The van der Waals surface area contributed by atoms with Crippen LogP contribution in [0.4, 0.5) is 4.39 Å². The Bertz CT molecular complexity index is 1010. The molecule has 29 heavy (non-hydrogen) atoms. The molecule has 0 N–H and O–H groups in total. The van der Waals surface area contributed by atoms with E-state index in [1.165, 1.54) is 15.3 Å². The van der Waals surface area contributed by atoms with Gasteiger partial charge in [0.15, 0.2) is 0 Å². The van der Waals surface area contributed by atoms with Gasteiger partial charge < -0.3 is 4.90 Å². The number of sulfonamides is 1. The van der Waals surface area contributed by atoms with Gasteiger partial charge in [-0.1, -0.05) is 30.3 Å². The van der Waals surface area contributed by atoms with Crippen LogP contribution in [0.15, 0.2) is 47.4 Å². The molecular formula is C22H27FN2O3S. The lowest BCUT2D eigenvalue weighted by Gasteiger charge is -2.33. The fraction of sp³-hybridized carbons (Fsp3) is 0.409. The molecule has 1 fully saturated rings. The SMILES string of the molecule is Cc1ccc(C)c(S(=O)(=O)N2CCCC(C(=O)N(C)Cc3ccccc3F)C2)c1. The van der Waals surface area contributed by atoms with Crippen LogP contribution in [0, 0.1) is 25.6 Å². The Kier molecular flexibility index (Phi) is 6.39. The summed E-state index contributed by atoms with van der Waals surface area (Å²) in [5, 5.41) is 0. The average Bonchev–Trinajstić information content (AvgIpc) is 2.71. The molecule has 1 atom stereocenters. The zero-order valence-corrected chi connectivity index (χ0v) is 17.9. The molecule has 7 heteroatoms. The van der Waals surface area contributed by atoms with Gasteiger partial charge in [0.25, 0.3) is 0 Å². The van der Waals surface area contributed by atoms with E-state index in [2.05, 4.69) is 0 Å². The number of amides is 1.